The first-order valence-electron chi connectivity index (χ1n) is 15.7. The van der Waals surface area contributed by atoms with Crippen LogP contribution >= 0.6 is 0 Å². The minimum absolute atomic E-state index is 0.0536. The molecule has 6 rings (SSSR count). The lowest BCUT2D eigenvalue weighted by Gasteiger charge is -2.27. The number of nitrogen functional groups attached to an aromatic ring is 1. The number of carbonyl (C=O) groups is 1. The van der Waals surface area contributed by atoms with E-state index in [1.807, 2.05) is 0 Å². The van der Waals surface area contributed by atoms with Crippen LogP contribution in [-0.2, 0) is 24.1 Å². The lowest BCUT2D eigenvalue weighted by Crippen LogP contribution is -2.42. The highest BCUT2D eigenvalue weighted by Gasteiger charge is 2.31. The van der Waals surface area contributed by atoms with E-state index in [1.165, 1.54) is 29.5 Å². The van der Waals surface area contributed by atoms with Crippen LogP contribution in [0.4, 0.5) is 19.0 Å². The van der Waals surface area contributed by atoms with Gasteiger partial charge in [0.05, 0.1) is 29.9 Å². The number of piperazine rings is 1. The van der Waals surface area contributed by atoms with Gasteiger partial charge in [-0.2, -0.15) is 13.2 Å². The van der Waals surface area contributed by atoms with Crippen molar-refractivity contribution >= 4 is 11.7 Å². The summed E-state index contributed by atoms with van der Waals surface area (Å²) in [6.07, 6.45) is -0.624. The molecular formula is C36H38F3N5O2. The van der Waals surface area contributed by atoms with Gasteiger partial charge in [0.2, 0.25) is 0 Å². The summed E-state index contributed by atoms with van der Waals surface area (Å²) in [4.78, 5) is 19.9. The topological polar surface area (TPSA) is 92.5 Å². The number of pyridine rings is 1. The number of hydrogen-bond donors (Lipinski definition) is 3. The molecule has 4 N–H and O–H groups in total. The molecule has 0 unspecified atom stereocenters. The largest absolute Gasteiger partial charge is 0.416 e. The van der Waals surface area contributed by atoms with Crippen molar-refractivity contribution in [2.45, 2.75) is 50.7 Å². The standard InChI is InChI=1S/C36H38F3N5O2/c37-36(38,39)30-14-12-28(13-15-30)29-20-31(34(40)42-21-29)35(45)43-32-2-1-3-33(32)46-23-25-6-10-27(11-7-25)26-8-4-24(5-9-26)22-44-18-16-41-17-19-44/h4-15,20-21,32-33,41H,1-3,16-19,22-23H2,(H2,40,42)(H,43,45)/t32-,33-/m0/s1. The van der Waals surface area contributed by atoms with Crippen LogP contribution < -0.4 is 16.4 Å². The van der Waals surface area contributed by atoms with Crippen molar-refractivity contribution in [1.29, 1.82) is 0 Å². The monoisotopic (exact) mass is 629 g/mol. The van der Waals surface area contributed by atoms with Gasteiger partial charge in [-0.15, -0.1) is 0 Å². The average molecular weight is 630 g/mol. The maximum atomic E-state index is 13.3. The minimum Gasteiger partial charge on any atom is -0.383 e. The molecule has 1 aromatic heterocycles. The molecule has 0 spiro atoms. The molecule has 0 bridgehead atoms. The maximum absolute atomic E-state index is 13.3. The summed E-state index contributed by atoms with van der Waals surface area (Å²) in [6.45, 7) is 5.64. The molecule has 240 valence electrons. The van der Waals surface area contributed by atoms with Gasteiger partial charge in [0.15, 0.2) is 0 Å². The van der Waals surface area contributed by atoms with Crippen molar-refractivity contribution in [3.8, 4) is 22.3 Å². The highest BCUT2D eigenvalue weighted by Crippen LogP contribution is 2.32. The third-order valence-electron chi connectivity index (χ3n) is 8.80. The zero-order valence-electron chi connectivity index (χ0n) is 25.5. The summed E-state index contributed by atoms with van der Waals surface area (Å²) in [5, 5.41) is 6.44. The Morgan fingerprint density at radius 1 is 0.891 bits per heavy atom. The van der Waals surface area contributed by atoms with E-state index in [9.17, 15) is 18.0 Å². The Labute approximate surface area is 267 Å². The molecule has 1 saturated carbocycles. The van der Waals surface area contributed by atoms with Gasteiger partial charge in [0.1, 0.15) is 5.82 Å². The Hall–Kier alpha value is -4.25. The molecule has 1 saturated heterocycles. The summed E-state index contributed by atoms with van der Waals surface area (Å²) in [6, 6.07) is 23.2. The molecule has 7 nitrogen and oxygen atoms in total. The van der Waals surface area contributed by atoms with Crippen molar-refractivity contribution < 1.29 is 22.7 Å². The van der Waals surface area contributed by atoms with Crippen LogP contribution in [0.15, 0.2) is 85.1 Å². The fraction of sp³-hybridized carbons (Fsp3) is 0.333. The molecule has 2 aliphatic rings. The summed E-state index contributed by atoms with van der Waals surface area (Å²) in [7, 11) is 0. The van der Waals surface area contributed by atoms with E-state index in [0.29, 0.717) is 17.7 Å². The summed E-state index contributed by atoms with van der Waals surface area (Å²) in [5.74, 6) is -0.333. The van der Waals surface area contributed by atoms with E-state index in [1.54, 1.807) is 6.07 Å². The first kappa shape index (κ1) is 31.7. The Kier molecular flexibility index (Phi) is 9.67. The average Bonchev–Trinajstić information content (AvgIpc) is 3.51. The quantitative estimate of drug-likeness (QED) is 0.202. The number of alkyl halides is 3. The van der Waals surface area contributed by atoms with Gasteiger partial charge in [-0.05, 0) is 65.3 Å². The summed E-state index contributed by atoms with van der Waals surface area (Å²) >= 11 is 0. The third-order valence-corrected chi connectivity index (χ3v) is 8.80. The number of nitrogens with two attached hydrogens (primary N) is 1. The van der Waals surface area contributed by atoms with Crippen LogP contribution in [0.2, 0.25) is 0 Å². The highest BCUT2D eigenvalue weighted by atomic mass is 19.4. The normalized spacial score (nSPS) is 18.8. The molecule has 3 aromatic carbocycles. The Bertz CT molecular complexity index is 1620. The predicted octanol–water partition coefficient (Wildman–Crippen LogP) is 6.29. The van der Waals surface area contributed by atoms with E-state index in [4.69, 9.17) is 10.5 Å². The van der Waals surface area contributed by atoms with Crippen molar-refractivity contribution in [3.05, 3.63) is 107 Å². The predicted molar refractivity (Wildman–Crippen MR) is 173 cm³/mol. The Balaban J connectivity index is 1.03. The zero-order chi connectivity index (χ0) is 32.1. The number of anilines is 1. The molecule has 1 aliphatic carbocycles. The Morgan fingerprint density at radius 2 is 1.50 bits per heavy atom. The molecule has 1 aliphatic heterocycles. The number of ether oxygens (including phenoxy) is 1. The van der Waals surface area contributed by atoms with Gasteiger partial charge in [-0.25, -0.2) is 4.98 Å². The number of nitrogens with zero attached hydrogens (tertiary/aromatic N) is 2. The zero-order valence-corrected chi connectivity index (χ0v) is 25.5. The second-order valence-electron chi connectivity index (χ2n) is 12.0. The fourth-order valence-corrected chi connectivity index (χ4v) is 6.13. The number of hydrogen-bond acceptors (Lipinski definition) is 6. The van der Waals surface area contributed by atoms with Crippen LogP contribution in [0.1, 0.15) is 46.3 Å². The maximum Gasteiger partial charge on any atom is 0.416 e. The van der Waals surface area contributed by atoms with E-state index in [-0.39, 0.29) is 29.4 Å². The van der Waals surface area contributed by atoms with Crippen LogP contribution in [-0.4, -0.2) is 54.1 Å². The highest BCUT2D eigenvalue weighted by molar-refractivity contribution is 5.99. The first-order chi connectivity index (χ1) is 22.2. The van der Waals surface area contributed by atoms with E-state index < -0.39 is 11.7 Å². The van der Waals surface area contributed by atoms with Crippen molar-refractivity contribution in [1.82, 2.24) is 20.5 Å². The molecule has 10 heteroatoms. The van der Waals surface area contributed by atoms with Crippen molar-refractivity contribution in [2.75, 3.05) is 31.9 Å². The fourth-order valence-electron chi connectivity index (χ4n) is 6.13. The molecule has 0 radical (unpaired) electrons. The molecule has 2 atom stereocenters. The van der Waals surface area contributed by atoms with Crippen LogP contribution in [0.25, 0.3) is 22.3 Å². The number of aromatic nitrogens is 1. The molecular weight excluding hydrogens is 591 g/mol. The van der Waals surface area contributed by atoms with E-state index >= 15 is 0 Å². The van der Waals surface area contributed by atoms with Gasteiger partial charge in [-0.3, -0.25) is 9.69 Å². The van der Waals surface area contributed by atoms with Gasteiger partial charge >= 0.3 is 6.18 Å². The van der Waals surface area contributed by atoms with Crippen molar-refractivity contribution in [2.24, 2.45) is 0 Å². The van der Waals surface area contributed by atoms with Crippen LogP contribution in [0.3, 0.4) is 0 Å². The lowest BCUT2D eigenvalue weighted by molar-refractivity contribution is -0.137. The number of benzene rings is 3. The van der Waals surface area contributed by atoms with Crippen LogP contribution in [0, 0.1) is 0 Å². The van der Waals surface area contributed by atoms with E-state index in [0.717, 1.165) is 75.2 Å². The number of halogens is 3. The van der Waals surface area contributed by atoms with Gasteiger partial charge in [0.25, 0.3) is 5.91 Å². The number of rotatable bonds is 9. The molecule has 2 fully saturated rings. The second-order valence-corrected chi connectivity index (χ2v) is 12.0. The van der Waals surface area contributed by atoms with E-state index in [2.05, 4.69) is 69.0 Å². The third kappa shape index (κ3) is 7.75. The minimum atomic E-state index is -4.43. The molecule has 46 heavy (non-hydrogen) atoms. The molecule has 2 heterocycles. The Morgan fingerprint density at radius 3 is 2.15 bits per heavy atom. The van der Waals surface area contributed by atoms with Gasteiger partial charge in [0, 0.05) is 44.5 Å². The van der Waals surface area contributed by atoms with Crippen molar-refractivity contribution in [3.63, 3.8) is 0 Å². The lowest BCUT2D eigenvalue weighted by atomic mass is 10.0. The SMILES string of the molecule is Nc1ncc(-c2ccc(C(F)(F)F)cc2)cc1C(=O)N[C@H]1CCC[C@@H]1OCc1ccc(-c2ccc(CN3CCNCC3)cc2)cc1. The van der Waals surface area contributed by atoms with Gasteiger partial charge < -0.3 is 21.1 Å². The number of amides is 1. The smallest absolute Gasteiger partial charge is 0.383 e. The van der Waals surface area contributed by atoms with Gasteiger partial charge in [-0.1, -0.05) is 60.7 Å². The summed E-state index contributed by atoms with van der Waals surface area (Å²) < 4.78 is 45.2. The molecule has 1 amide bonds. The number of nitrogens with one attached hydrogen (secondary N) is 2. The first-order valence-corrected chi connectivity index (χ1v) is 15.7. The number of carbonyl (C=O) groups excluding carboxylic acids is 1. The summed E-state index contributed by atoms with van der Waals surface area (Å²) in [5.41, 5.74) is 11.2. The second kappa shape index (κ2) is 14.0. The molecule has 4 aromatic rings. The van der Waals surface area contributed by atoms with Crippen LogP contribution in [0.5, 0.6) is 0 Å².